The predicted molar refractivity (Wildman–Crippen MR) is 67.0 cm³/mol. The van der Waals surface area contributed by atoms with Gasteiger partial charge in [0, 0.05) is 17.9 Å². The van der Waals surface area contributed by atoms with Gasteiger partial charge in [-0.05, 0) is 30.8 Å². The maximum absolute atomic E-state index is 12.2. The highest BCUT2D eigenvalue weighted by atomic mass is 79.9. The Morgan fingerprint density at radius 2 is 2.38 bits per heavy atom. The molecule has 1 fully saturated rings. The van der Waals surface area contributed by atoms with Crippen molar-refractivity contribution in [1.82, 2.24) is 14.5 Å². The van der Waals surface area contributed by atoms with Crippen LogP contribution in [0.2, 0.25) is 0 Å². The van der Waals surface area contributed by atoms with Crippen LogP contribution in [0.3, 0.4) is 0 Å². The van der Waals surface area contributed by atoms with E-state index in [1.54, 1.807) is 0 Å². The highest BCUT2D eigenvalue weighted by molar-refractivity contribution is 9.09. The average molecular weight is 304 g/mol. The summed E-state index contributed by atoms with van der Waals surface area (Å²) in [5.74, 6) is 0.702. The lowest BCUT2D eigenvalue weighted by molar-refractivity contribution is 0.0710. The molecule has 2 rings (SSSR count). The minimum Gasteiger partial charge on any atom is -0.337 e. The SMILES string of the molecule is Cc1nnsc1C(=O)N1CCC(C)C(Br)C1. The second-order valence-electron chi connectivity index (χ2n) is 4.22. The summed E-state index contributed by atoms with van der Waals surface area (Å²) in [6.45, 7) is 5.65. The van der Waals surface area contributed by atoms with Crippen LogP contribution in [0, 0.1) is 12.8 Å². The molecular weight excluding hydrogens is 290 g/mol. The summed E-state index contributed by atoms with van der Waals surface area (Å²) in [5, 5.41) is 3.88. The van der Waals surface area contributed by atoms with Crippen molar-refractivity contribution >= 4 is 33.4 Å². The van der Waals surface area contributed by atoms with Crippen LogP contribution in [0.15, 0.2) is 0 Å². The fraction of sp³-hybridized carbons (Fsp3) is 0.700. The van der Waals surface area contributed by atoms with Crippen molar-refractivity contribution in [3.63, 3.8) is 0 Å². The van der Waals surface area contributed by atoms with Crippen LogP contribution in [0.4, 0.5) is 0 Å². The van der Waals surface area contributed by atoms with E-state index >= 15 is 0 Å². The van der Waals surface area contributed by atoms with E-state index in [2.05, 4.69) is 32.4 Å². The van der Waals surface area contributed by atoms with E-state index in [1.807, 2.05) is 11.8 Å². The lowest BCUT2D eigenvalue weighted by atomic mass is 9.99. The molecule has 2 heterocycles. The summed E-state index contributed by atoms with van der Waals surface area (Å²) in [4.78, 5) is 15.1. The summed E-state index contributed by atoms with van der Waals surface area (Å²) in [7, 11) is 0. The predicted octanol–water partition coefficient (Wildman–Crippen LogP) is 2.09. The lowest BCUT2D eigenvalue weighted by Gasteiger charge is -2.33. The molecule has 0 N–H and O–H groups in total. The second kappa shape index (κ2) is 4.79. The van der Waals surface area contributed by atoms with E-state index in [1.165, 1.54) is 11.5 Å². The van der Waals surface area contributed by atoms with E-state index in [-0.39, 0.29) is 5.91 Å². The van der Waals surface area contributed by atoms with E-state index in [0.717, 1.165) is 25.2 Å². The van der Waals surface area contributed by atoms with Crippen LogP contribution in [0.1, 0.15) is 28.7 Å². The Hall–Kier alpha value is -0.490. The van der Waals surface area contributed by atoms with Gasteiger partial charge in [0.1, 0.15) is 4.88 Å². The quantitative estimate of drug-likeness (QED) is 0.746. The maximum atomic E-state index is 12.2. The van der Waals surface area contributed by atoms with Crippen molar-refractivity contribution in [2.75, 3.05) is 13.1 Å². The first-order chi connectivity index (χ1) is 7.59. The molecule has 0 radical (unpaired) electrons. The van der Waals surface area contributed by atoms with Gasteiger partial charge >= 0.3 is 0 Å². The summed E-state index contributed by atoms with van der Waals surface area (Å²) >= 11 is 4.81. The monoisotopic (exact) mass is 303 g/mol. The third-order valence-corrected chi connectivity index (χ3v) is 5.01. The number of piperidine rings is 1. The van der Waals surface area contributed by atoms with Crippen LogP contribution in [0.5, 0.6) is 0 Å². The Balaban J connectivity index is 2.09. The number of likely N-dealkylation sites (tertiary alicyclic amines) is 1. The van der Waals surface area contributed by atoms with E-state index in [9.17, 15) is 4.79 Å². The summed E-state index contributed by atoms with van der Waals surface area (Å²) in [6.07, 6.45) is 1.05. The molecular formula is C10H14BrN3OS. The first kappa shape index (κ1) is 12.0. The molecule has 1 aromatic heterocycles. The van der Waals surface area contributed by atoms with Crippen molar-refractivity contribution in [1.29, 1.82) is 0 Å². The normalized spacial score (nSPS) is 25.8. The number of aryl methyl sites for hydroxylation is 1. The van der Waals surface area contributed by atoms with Crippen LogP contribution in [-0.2, 0) is 0 Å². The van der Waals surface area contributed by atoms with E-state index < -0.39 is 0 Å². The number of carbonyl (C=O) groups is 1. The molecule has 0 aliphatic carbocycles. The minimum atomic E-state index is 0.0730. The number of halogens is 1. The topological polar surface area (TPSA) is 46.1 Å². The van der Waals surface area contributed by atoms with Gasteiger partial charge in [-0.3, -0.25) is 4.79 Å². The molecule has 2 unspecified atom stereocenters. The Morgan fingerprint density at radius 1 is 1.62 bits per heavy atom. The molecule has 0 bridgehead atoms. The van der Waals surface area contributed by atoms with Gasteiger partial charge in [0.2, 0.25) is 0 Å². The summed E-state index contributed by atoms with van der Waals surface area (Å²) < 4.78 is 3.80. The van der Waals surface area contributed by atoms with Gasteiger partial charge in [0.25, 0.3) is 5.91 Å². The number of hydrogen-bond acceptors (Lipinski definition) is 4. The Kier molecular flexibility index (Phi) is 3.59. The molecule has 88 valence electrons. The summed E-state index contributed by atoms with van der Waals surface area (Å²) in [6, 6.07) is 0. The van der Waals surface area contributed by atoms with Crippen molar-refractivity contribution in [3.05, 3.63) is 10.6 Å². The average Bonchev–Trinajstić information content (AvgIpc) is 2.67. The van der Waals surface area contributed by atoms with Crippen LogP contribution < -0.4 is 0 Å². The first-order valence-corrected chi connectivity index (χ1v) is 7.00. The maximum Gasteiger partial charge on any atom is 0.267 e. The molecule has 1 saturated heterocycles. The molecule has 1 aliphatic heterocycles. The number of hydrogen-bond donors (Lipinski definition) is 0. The van der Waals surface area contributed by atoms with Crippen LogP contribution in [-0.4, -0.2) is 38.3 Å². The molecule has 0 aromatic carbocycles. The zero-order chi connectivity index (χ0) is 11.7. The molecule has 1 aliphatic rings. The number of rotatable bonds is 1. The lowest BCUT2D eigenvalue weighted by Crippen LogP contribution is -2.43. The Bertz CT molecular complexity index is 395. The third-order valence-electron chi connectivity index (χ3n) is 3.00. The van der Waals surface area contributed by atoms with Gasteiger partial charge in [-0.2, -0.15) is 0 Å². The fourth-order valence-electron chi connectivity index (χ4n) is 1.78. The molecule has 2 atom stereocenters. The van der Waals surface area contributed by atoms with Gasteiger partial charge in [0.15, 0.2) is 0 Å². The number of amides is 1. The standard InChI is InChI=1S/C10H14BrN3OS/c1-6-3-4-14(5-8(6)11)10(15)9-7(2)12-13-16-9/h6,8H,3-5H2,1-2H3. The van der Waals surface area contributed by atoms with E-state index in [0.29, 0.717) is 15.6 Å². The fourth-order valence-corrected chi connectivity index (χ4v) is 3.02. The first-order valence-electron chi connectivity index (χ1n) is 5.32. The Morgan fingerprint density at radius 3 is 2.94 bits per heavy atom. The zero-order valence-electron chi connectivity index (χ0n) is 9.31. The molecule has 4 nitrogen and oxygen atoms in total. The molecule has 0 saturated carbocycles. The number of nitrogens with zero attached hydrogens (tertiary/aromatic N) is 3. The molecule has 6 heteroatoms. The number of alkyl halides is 1. The zero-order valence-corrected chi connectivity index (χ0v) is 11.7. The molecule has 0 spiro atoms. The highest BCUT2D eigenvalue weighted by Gasteiger charge is 2.29. The van der Waals surface area contributed by atoms with Crippen molar-refractivity contribution < 1.29 is 4.79 Å². The van der Waals surface area contributed by atoms with Gasteiger partial charge in [-0.15, -0.1) is 5.10 Å². The van der Waals surface area contributed by atoms with Gasteiger partial charge in [-0.25, -0.2) is 0 Å². The Labute approximate surface area is 107 Å². The van der Waals surface area contributed by atoms with E-state index in [4.69, 9.17) is 0 Å². The molecule has 16 heavy (non-hydrogen) atoms. The van der Waals surface area contributed by atoms with Gasteiger partial charge in [-0.1, -0.05) is 27.3 Å². The largest absolute Gasteiger partial charge is 0.337 e. The summed E-state index contributed by atoms with van der Waals surface area (Å²) in [5.41, 5.74) is 0.736. The second-order valence-corrected chi connectivity index (χ2v) is 6.15. The van der Waals surface area contributed by atoms with Gasteiger partial charge < -0.3 is 4.90 Å². The minimum absolute atomic E-state index is 0.0730. The number of carbonyl (C=O) groups excluding carboxylic acids is 1. The van der Waals surface area contributed by atoms with Crippen molar-refractivity contribution in [2.45, 2.75) is 25.1 Å². The van der Waals surface area contributed by atoms with Gasteiger partial charge in [0.05, 0.1) is 5.69 Å². The molecule has 1 amide bonds. The smallest absolute Gasteiger partial charge is 0.267 e. The van der Waals surface area contributed by atoms with Crippen LogP contribution >= 0.6 is 27.5 Å². The van der Waals surface area contributed by atoms with Crippen molar-refractivity contribution in [2.24, 2.45) is 5.92 Å². The molecule has 1 aromatic rings. The number of aromatic nitrogens is 2. The van der Waals surface area contributed by atoms with Crippen LogP contribution in [0.25, 0.3) is 0 Å². The third kappa shape index (κ3) is 2.27. The highest BCUT2D eigenvalue weighted by Crippen LogP contribution is 2.25. The van der Waals surface area contributed by atoms with Crippen molar-refractivity contribution in [3.8, 4) is 0 Å².